The number of hydrogen-bond acceptors (Lipinski definition) is 3. The Balaban J connectivity index is 2.18. The number of benzene rings is 1. The van der Waals surface area contributed by atoms with Crippen molar-refractivity contribution < 1.29 is 9.18 Å². The number of nitrogens with one attached hydrogen (secondary N) is 1. The molecular formula is C16H18FN3O. The van der Waals surface area contributed by atoms with Gasteiger partial charge in [-0.2, -0.15) is 0 Å². The first-order valence-corrected chi connectivity index (χ1v) is 6.91. The summed E-state index contributed by atoms with van der Waals surface area (Å²) >= 11 is 0. The van der Waals surface area contributed by atoms with Crippen LogP contribution in [0.1, 0.15) is 24.2 Å². The van der Waals surface area contributed by atoms with Crippen molar-refractivity contribution in [1.29, 1.82) is 0 Å². The molecule has 0 spiro atoms. The molecule has 1 amide bonds. The molecule has 0 bridgehead atoms. The summed E-state index contributed by atoms with van der Waals surface area (Å²) in [7, 11) is 0. The Hall–Kier alpha value is -2.43. The van der Waals surface area contributed by atoms with Crippen LogP contribution in [0.2, 0.25) is 0 Å². The molecule has 0 fully saturated rings. The Bertz CT molecular complexity index is 626. The molecule has 0 aliphatic carbocycles. The maximum Gasteiger partial charge on any atom is 0.257 e. The van der Waals surface area contributed by atoms with E-state index in [1.54, 1.807) is 24.4 Å². The van der Waals surface area contributed by atoms with Gasteiger partial charge in [0, 0.05) is 25.0 Å². The second-order valence-corrected chi connectivity index (χ2v) is 4.57. The van der Waals surface area contributed by atoms with Crippen LogP contribution in [0.4, 0.5) is 15.8 Å². The van der Waals surface area contributed by atoms with Gasteiger partial charge in [-0.15, -0.1) is 0 Å². The van der Waals surface area contributed by atoms with Crippen LogP contribution in [0.15, 0.2) is 42.7 Å². The van der Waals surface area contributed by atoms with Crippen LogP contribution in [-0.4, -0.2) is 24.0 Å². The molecule has 2 aromatic rings. The van der Waals surface area contributed by atoms with E-state index in [1.165, 1.54) is 18.3 Å². The fourth-order valence-electron chi connectivity index (χ4n) is 2.08. The smallest absolute Gasteiger partial charge is 0.257 e. The van der Waals surface area contributed by atoms with Crippen LogP contribution in [0.5, 0.6) is 0 Å². The predicted molar refractivity (Wildman–Crippen MR) is 82.2 cm³/mol. The molecule has 1 heterocycles. The maximum absolute atomic E-state index is 13.1. The van der Waals surface area contributed by atoms with Gasteiger partial charge >= 0.3 is 0 Å². The minimum absolute atomic E-state index is 0.304. The molecule has 0 saturated heterocycles. The lowest BCUT2D eigenvalue weighted by molar-refractivity contribution is 0.102. The van der Waals surface area contributed by atoms with Crippen LogP contribution >= 0.6 is 0 Å². The molecule has 0 radical (unpaired) electrons. The van der Waals surface area contributed by atoms with Crippen molar-refractivity contribution in [3.05, 3.63) is 54.1 Å². The molecule has 0 saturated carbocycles. The summed E-state index contributed by atoms with van der Waals surface area (Å²) in [5.74, 6) is -0.690. The van der Waals surface area contributed by atoms with E-state index in [1.807, 2.05) is 13.8 Å². The summed E-state index contributed by atoms with van der Waals surface area (Å²) in [6.07, 6.45) is 3.23. The summed E-state index contributed by atoms with van der Waals surface area (Å²) < 4.78 is 13.1. The fraction of sp³-hybridized carbons (Fsp3) is 0.250. The zero-order valence-electron chi connectivity index (χ0n) is 12.1. The summed E-state index contributed by atoms with van der Waals surface area (Å²) in [5, 5.41) is 2.66. The molecule has 1 aromatic heterocycles. The van der Waals surface area contributed by atoms with Gasteiger partial charge in [0.25, 0.3) is 5.91 Å². The zero-order valence-corrected chi connectivity index (χ0v) is 12.1. The average molecular weight is 287 g/mol. The minimum atomic E-state index is -0.386. The number of amides is 1. The summed E-state index contributed by atoms with van der Waals surface area (Å²) in [6, 6.07) is 7.59. The van der Waals surface area contributed by atoms with Crippen molar-refractivity contribution in [3.63, 3.8) is 0 Å². The molecule has 0 atom stereocenters. The van der Waals surface area contributed by atoms with E-state index in [-0.39, 0.29) is 11.7 Å². The lowest BCUT2D eigenvalue weighted by atomic mass is 10.2. The highest BCUT2D eigenvalue weighted by Gasteiger charge is 2.10. The van der Waals surface area contributed by atoms with Crippen molar-refractivity contribution >= 4 is 17.3 Å². The Morgan fingerprint density at radius 2 is 2.00 bits per heavy atom. The Morgan fingerprint density at radius 3 is 2.67 bits per heavy atom. The molecule has 2 rings (SSSR count). The average Bonchev–Trinajstić information content (AvgIpc) is 2.49. The van der Waals surface area contributed by atoms with E-state index in [4.69, 9.17) is 0 Å². The van der Waals surface area contributed by atoms with Gasteiger partial charge in [0.05, 0.1) is 17.4 Å². The summed E-state index contributed by atoms with van der Waals surface area (Å²) in [4.78, 5) is 18.4. The van der Waals surface area contributed by atoms with E-state index in [9.17, 15) is 9.18 Å². The zero-order chi connectivity index (χ0) is 15.2. The van der Waals surface area contributed by atoms with Gasteiger partial charge < -0.3 is 10.2 Å². The molecule has 4 nitrogen and oxygen atoms in total. The van der Waals surface area contributed by atoms with E-state index in [2.05, 4.69) is 15.2 Å². The highest BCUT2D eigenvalue weighted by atomic mass is 19.1. The Labute approximate surface area is 123 Å². The van der Waals surface area contributed by atoms with Gasteiger partial charge in [-0.05, 0) is 38.1 Å². The first kappa shape index (κ1) is 15.0. The van der Waals surface area contributed by atoms with Gasteiger partial charge in [0.2, 0.25) is 0 Å². The second kappa shape index (κ2) is 6.83. The van der Waals surface area contributed by atoms with Crippen molar-refractivity contribution in [3.8, 4) is 0 Å². The fourth-order valence-corrected chi connectivity index (χ4v) is 2.08. The number of halogens is 1. The number of nitrogens with zero attached hydrogens (tertiary/aromatic N) is 2. The van der Waals surface area contributed by atoms with Crippen LogP contribution in [0.25, 0.3) is 0 Å². The Morgan fingerprint density at radius 1 is 1.24 bits per heavy atom. The van der Waals surface area contributed by atoms with E-state index in [0.717, 1.165) is 18.8 Å². The van der Waals surface area contributed by atoms with Gasteiger partial charge in [0.1, 0.15) is 5.82 Å². The maximum atomic E-state index is 13.1. The topological polar surface area (TPSA) is 45.2 Å². The number of carbonyl (C=O) groups is 1. The van der Waals surface area contributed by atoms with Gasteiger partial charge in [0.15, 0.2) is 0 Å². The predicted octanol–water partition coefficient (Wildman–Crippen LogP) is 3.32. The first-order chi connectivity index (χ1) is 10.1. The third-order valence-electron chi connectivity index (χ3n) is 3.20. The van der Waals surface area contributed by atoms with Crippen LogP contribution in [0, 0.1) is 5.82 Å². The lowest BCUT2D eigenvalue weighted by Gasteiger charge is -2.20. The van der Waals surface area contributed by atoms with Crippen LogP contribution < -0.4 is 10.2 Å². The molecule has 1 aromatic carbocycles. The van der Waals surface area contributed by atoms with Gasteiger partial charge in [-0.25, -0.2) is 4.39 Å². The third-order valence-corrected chi connectivity index (χ3v) is 3.20. The molecule has 110 valence electrons. The lowest BCUT2D eigenvalue weighted by Crippen LogP contribution is -2.22. The normalized spacial score (nSPS) is 10.2. The van der Waals surface area contributed by atoms with Gasteiger partial charge in [-0.1, -0.05) is 6.07 Å². The molecule has 0 aliphatic heterocycles. The van der Waals surface area contributed by atoms with Crippen molar-refractivity contribution in [1.82, 2.24) is 4.98 Å². The first-order valence-electron chi connectivity index (χ1n) is 6.91. The number of carbonyl (C=O) groups excluding carboxylic acids is 1. The van der Waals surface area contributed by atoms with Crippen molar-refractivity contribution in [2.24, 2.45) is 0 Å². The molecular weight excluding hydrogens is 269 g/mol. The Kier molecular flexibility index (Phi) is 4.87. The van der Waals surface area contributed by atoms with Crippen molar-refractivity contribution in [2.45, 2.75) is 13.8 Å². The van der Waals surface area contributed by atoms with Gasteiger partial charge in [-0.3, -0.25) is 9.78 Å². The number of pyridine rings is 1. The summed E-state index contributed by atoms with van der Waals surface area (Å²) in [5.41, 5.74) is 1.77. The third kappa shape index (κ3) is 3.78. The number of aromatic nitrogens is 1. The number of hydrogen-bond donors (Lipinski definition) is 1. The quantitative estimate of drug-likeness (QED) is 0.917. The SMILES string of the molecule is CCN(CC)c1cncc(C(=O)Nc2cccc(F)c2)c1. The standard InChI is InChI=1S/C16H18FN3O/c1-3-20(4-2)15-8-12(10-18-11-15)16(21)19-14-7-5-6-13(17)9-14/h5-11H,3-4H2,1-2H3,(H,19,21). The molecule has 1 N–H and O–H groups in total. The monoisotopic (exact) mass is 287 g/mol. The highest BCUT2D eigenvalue weighted by Crippen LogP contribution is 2.16. The largest absolute Gasteiger partial charge is 0.371 e. The number of anilines is 2. The molecule has 21 heavy (non-hydrogen) atoms. The molecule has 0 unspecified atom stereocenters. The highest BCUT2D eigenvalue weighted by molar-refractivity contribution is 6.04. The molecule has 0 aliphatic rings. The number of rotatable bonds is 5. The minimum Gasteiger partial charge on any atom is -0.371 e. The second-order valence-electron chi connectivity index (χ2n) is 4.57. The molecule has 5 heteroatoms. The van der Waals surface area contributed by atoms with Crippen LogP contribution in [-0.2, 0) is 0 Å². The van der Waals surface area contributed by atoms with Crippen molar-refractivity contribution in [2.75, 3.05) is 23.3 Å². The summed E-state index contributed by atoms with van der Waals surface area (Å²) in [6.45, 7) is 5.77. The van der Waals surface area contributed by atoms with E-state index in [0.29, 0.717) is 11.3 Å². The van der Waals surface area contributed by atoms with E-state index < -0.39 is 0 Å². The van der Waals surface area contributed by atoms with Crippen LogP contribution in [0.3, 0.4) is 0 Å². The van der Waals surface area contributed by atoms with E-state index >= 15 is 0 Å².